The molecule has 0 spiro atoms. The molecule has 0 bridgehead atoms. The third-order valence-corrected chi connectivity index (χ3v) is 5.26. The average Bonchev–Trinajstić information content (AvgIpc) is 2.68. The van der Waals surface area contributed by atoms with Crippen molar-refractivity contribution in [2.45, 2.75) is 33.9 Å². The fraction of sp³-hybridized carbons (Fsp3) is 0.250. The Morgan fingerprint density at radius 1 is 0.857 bits per heavy atom. The second kappa shape index (κ2) is 9.16. The zero-order chi connectivity index (χ0) is 20.1. The van der Waals surface area contributed by atoms with Gasteiger partial charge in [0, 0.05) is 12.2 Å². The van der Waals surface area contributed by atoms with E-state index in [1.165, 1.54) is 16.7 Å². The van der Waals surface area contributed by atoms with Crippen molar-refractivity contribution in [3.8, 4) is 11.5 Å². The highest BCUT2D eigenvalue weighted by molar-refractivity contribution is 9.10. The fourth-order valence-electron chi connectivity index (χ4n) is 2.98. The summed E-state index contributed by atoms with van der Waals surface area (Å²) in [4.78, 5) is 0. The molecule has 3 nitrogen and oxygen atoms in total. The van der Waals surface area contributed by atoms with Crippen LogP contribution in [0.3, 0.4) is 0 Å². The van der Waals surface area contributed by atoms with Gasteiger partial charge >= 0.3 is 0 Å². The van der Waals surface area contributed by atoms with Crippen LogP contribution >= 0.6 is 15.9 Å². The average molecular weight is 440 g/mol. The number of anilines is 1. The minimum atomic E-state index is 0.495. The van der Waals surface area contributed by atoms with E-state index in [0.717, 1.165) is 32.8 Å². The zero-order valence-electron chi connectivity index (χ0n) is 16.8. The minimum Gasteiger partial charge on any atom is -0.493 e. The predicted octanol–water partition coefficient (Wildman–Crippen LogP) is 6.57. The number of ether oxygens (including phenoxy) is 2. The summed E-state index contributed by atoms with van der Waals surface area (Å²) < 4.78 is 12.5. The first-order valence-corrected chi connectivity index (χ1v) is 10.1. The molecule has 0 saturated heterocycles. The number of halogens is 1. The maximum atomic E-state index is 6.05. The summed E-state index contributed by atoms with van der Waals surface area (Å²) >= 11 is 3.64. The van der Waals surface area contributed by atoms with Gasteiger partial charge < -0.3 is 14.8 Å². The lowest BCUT2D eigenvalue weighted by Gasteiger charge is -2.16. The van der Waals surface area contributed by atoms with E-state index in [-0.39, 0.29) is 0 Å². The van der Waals surface area contributed by atoms with Gasteiger partial charge in [0.15, 0.2) is 11.5 Å². The predicted molar refractivity (Wildman–Crippen MR) is 119 cm³/mol. The van der Waals surface area contributed by atoms with Crippen molar-refractivity contribution in [2.24, 2.45) is 0 Å². The largest absolute Gasteiger partial charge is 0.493 e. The summed E-state index contributed by atoms with van der Waals surface area (Å²) in [6, 6.07) is 18.9. The van der Waals surface area contributed by atoms with Crippen LogP contribution in [0.2, 0.25) is 0 Å². The second-order valence-corrected chi connectivity index (χ2v) is 7.91. The highest BCUT2D eigenvalue weighted by atomic mass is 79.9. The first kappa shape index (κ1) is 20.3. The monoisotopic (exact) mass is 439 g/mol. The molecule has 3 aromatic carbocycles. The molecule has 0 amide bonds. The molecule has 0 atom stereocenters. The number of aryl methyl sites for hydroxylation is 3. The van der Waals surface area contributed by atoms with Gasteiger partial charge in [-0.1, -0.05) is 42.0 Å². The van der Waals surface area contributed by atoms with Crippen molar-refractivity contribution < 1.29 is 9.47 Å². The van der Waals surface area contributed by atoms with Gasteiger partial charge in [0.05, 0.1) is 11.6 Å². The summed E-state index contributed by atoms with van der Waals surface area (Å²) in [5.74, 6) is 1.44. The molecular weight excluding hydrogens is 414 g/mol. The standard InChI is InChI=1S/C24H26BrNO2/c1-16-6-9-19(10-7-16)15-28-24-21(25)12-20(13-23(24)27-4)14-26-22-11-17(2)5-8-18(22)3/h5-13,26H,14-15H2,1-4H3. The summed E-state index contributed by atoms with van der Waals surface area (Å²) in [7, 11) is 1.67. The molecule has 4 heteroatoms. The van der Waals surface area contributed by atoms with E-state index in [0.29, 0.717) is 13.2 Å². The van der Waals surface area contributed by atoms with E-state index in [9.17, 15) is 0 Å². The van der Waals surface area contributed by atoms with E-state index < -0.39 is 0 Å². The molecule has 28 heavy (non-hydrogen) atoms. The van der Waals surface area contributed by atoms with Gasteiger partial charge in [-0.05, 0) is 77.2 Å². The van der Waals surface area contributed by atoms with E-state index in [1.54, 1.807) is 7.11 Å². The van der Waals surface area contributed by atoms with Gasteiger partial charge in [0.25, 0.3) is 0 Å². The van der Waals surface area contributed by atoms with Crippen molar-refractivity contribution in [3.63, 3.8) is 0 Å². The highest BCUT2D eigenvalue weighted by Crippen LogP contribution is 2.37. The molecular formula is C24H26BrNO2. The molecule has 1 N–H and O–H groups in total. The lowest BCUT2D eigenvalue weighted by molar-refractivity contribution is 0.282. The first-order valence-electron chi connectivity index (χ1n) is 9.32. The summed E-state index contributed by atoms with van der Waals surface area (Å²) in [5, 5.41) is 3.51. The lowest BCUT2D eigenvalue weighted by Crippen LogP contribution is -2.04. The SMILES string of the molecule is COc1cc(CNc2cc(C)ccc2C)cc(Br)c1OCc1ccc(C)cc1. The maximum absolute atomic E-state index is 6.05. The molecule has 0 aromatic heterocycles. The minimum absolute atomic E-state index is 0.495. The molecule has 0 unspecified atom stereocenters. The van der Waals surface area contributed by atoms with E-state index in [2.05, 4.69) is 90.5 Å². The van der Waals surface area contributed by atoms with Gasteiger partial charge in [0.1, 0.15) is 6.61 Å². The molecule has 3 aromatic rings. The molecule has 0 aliphatic rings. The Kier molecular flexibility index (Phi) is 6.63. The van der Waals surface area contributed by atoms with Crippen LogP contribution in [0, 0.1) is 20.8 Å². The summed E-state index contributed by atoms with van der Waals surface area (Å²) in [6.07, 6.45) is 0. The lowest BCUT2D eigenvalue weighted by atomic mass is 10.1. The van der Waals surface area contributed by atoms with Gasteiger partial charge in [-0.3, -0.25) is 0 Å². The fourth-order valence-corrected chi connectivity index (χ4v) is 3.58. The van der Waals surface area contributed by atoms with Crippen LogP contribution in [0.1, 0.15) is 27.8 Å². The summed E-state index contributed by atoms with van der Waals surface area (Å²) in [6.45, 7) is 7.49. The van der Waals surface area contributed by atoms with Crippen molar-refractivity contribution in [1.29, 1.82) is 0 Å². The summed E-state index contributed by atoms with van der Waals surface area (Å²) in [5.41, 5.74) is 7.10. The van der Waals surface area contributed by atoms with Gasteiger partial charge in [-0.2, -0.15) is 0 Å². The van der Waals surface area contributed by atoms with Crippen molar-refractivity contribution in [1.82, 2.24) is 0 Å². The smallest absolute Gasteiger partial charge is 0.175 e. The van der Waals surface area contributed by atoms with Crippen LogP contribution in [0.5, 0.6) is 11.5 Å². The Labute approximate surface area is 175 Å². The Morgan fingerprint density at radius 2 is 1.57 bits per heavy atom. The van der Waals surface area contributed by atoms with Crippen LogP contribution in [0.25, 0.3) is 0 Å². The van der Waals surface area contributed by atoms with Crippen molar-refractivity contribution in [2.75, 3.05) is 12.4 Å². The molecule has 0 saturated carbocycles. The molecule has 0 heterocycles. The van der Waals surface area contributed by atoms with Crippen LogP contribution in [-0.4, -0.2) is 7.11 Å². The van der Waals surface area contributed by atoms with Crippen molar-refractivity contribution >= 4 is 21.6 Å². The number of methoxy groups -OCH3 is 1. The quantitative estimate of drug-likeness (QED) is 0.451. The van der Waals surface area contributed by atoms with Crippen LogP contribution in [0.15, 0.2) is 59.1 Å². The molecule has 0 fully saturated rings. The second-order valence-electron chi connectivity index (χ2n) is 7.06. The van der Waals surface area contributed by atoms with E-state index >= 15 is 0 Å². The van der Waals surface area contributed by atoms with Gasteiger partial charge in [-0.25, -0.2) is 0 Å². The third-order valence-electron chi connectivity index (χ3n) is 4.67. The molecule has 146 valence electrons. The Hall–Kier alpha value is -2.46. The Morgan fingerprint density at radius 3 is 2.29 bits per heavy atom. The Balaban J connectivity index is 1.73. The molecule has 0 aliphatic heterocycles. The topological polar surface area (TPSA) is 30.5 Å². The zero-order valence-corrected chi connectivity index (χ0v) is 18.4. The van der Waals surface area contributed by atoms with Gasteiger partial charge in [0.2, 0.25) is 0 Å². The molecule has 0 aliphatic carbocycles. The normalized spacial score (nSPS) is 10.6. The van der Waals surface area contributed by atoms with E-state index in [4.69, 9.17) is 9.47 Å². The van der Waals surface area contributed by atoms with Crippen LogP contribution < -0.4 is 14.8 Å². The number of hydrogen-bond acceptors (Lipinski definition) is 3. The van der Waals surface area contributed by atoms with Crippen LogP contribution in [-0.2, 0) is 13.2 Å². The van der Waals surface area contributed by atoms with Gasteiger partial charge in [-0.15, -0.1) is 0 Å². The highest BCUT2D eigenvalue weighted by Gasteiger charge is 2.12. The Bertz CT molecular complexity index is 952. The number of benzene rings is 3. The molecule has 3 rings (SSSR count). The first-order chi connectivity index (χ1) is 13.5. The van der Waals surface area contributed by atoms with Crippen LogP contribution in [0.4, 0.5) is 5.69 Å². The van der Waals surface area contributed by atoms with E-state index in [1.807, 2.05) is 6.07 Å². The molecule has 0 radical (unpaired) electrons. The number of hydrogen-bond donors (Lipinski definition) is 1. The number of rotatable bonds is 7. The third kappa shape index (κ3) is 5.08. The maximum Gasteiger partial charge on any atom is 0.175 e. The van der Waals surface area contributed by atoms with Crippen molar-refractivity contribution in [3.05, 3.63) is 86.9 Å². The number of nitrogens with one attached hydrogen (secondary N) is 1.